The van der Waals surface area contributed by atoms with Gasteiger partial charge in [0.05, 0.1) is 0 Å². The van der Waals surface area contributed by atoms with Crippen molar-refractivity contribution in [2.24, 2.45) is 0 Å². The highest BCUT2D eigenvalue weighted by atomic mass is 35.5. The zero-order chi connectivity index (χ0) is 17.1. The van der Waals surface area contributed by atoms with Gasteiger partial charge >= 0.3 is 0 Å². The van der Waals surface area contributed by atoms with E-state index in [2.05, 4.69) is 15.0 Å². The van der Waals surface area contributed by atoms with E-state index in [1.165, 1.54) is 0 Å². The summed E-state index contributed by atoms with van der Waals surface area (Å²) in [4.78, 5) is 14.0. The fourth-order valence-electron chi connectivity index (χ4n) is 2.54. The number of hydrogen-bond donors (Lipinski definition) is 0. The molecule has 3 nitrogen and oxygen atoms in total. The monoisotopic (exact) mass is 343 g/mol. The number of hydrogen-bond acceptors (Lipinski definition) is 3. The Labute approximate surface area is 151 Å². The third kappa shape index (κ3) is 3.42. The molecule has 0 aliphatic heterocycles. The summed E-state index contributed by atoms with van der Waals surface area (Å²) in [6, 6.07) is 27.3. The van der Waals surface area contributed by atoms with Gasteiger partial charge in [0.1, 0.15) is 0 Å². The van der Waals surface area contributed by atoms with Crippen molar-refractivity contribution in [1.82, 2.24) is 15.0 Å². The standard InChI is InChI=1S/C21H14ClN3/c22-18-13-11-17(12-14-18)21-24-19(15-7-3-1-4-8-15)23-20(25-21)16-9-5-2-6-10-16/h1-14H. The minimum atomic E-state index is 0.629. The number of nitrogens with zero attached hydrogens (tertiary/aromatic N) is 3. The highest BCUT2D eigenvalue weighted by Crippen LogP contribution is 2.25. The fourth-order valence-corrected chi connectivity index (χ4v) is 2.66. The summed E-state index contributed by atoms with van der Waals surface area (Å²) in [6.07, 6.45) is 0. The molecule has 1 aromatic heterocycles. The van der Waals surface area contributed by atoms with Crippen LogP contribution in [0.1, 0.15) is 0 Å². The van der Waals surface area contributed by atoms with Gasteiger partial charge in [-0.25, -0.2) is 15.0 Å². The lowest BCUT2D eigenvalue weighted by molar-refractivity contribution is 1.07. The molecule has 4 heteroatoms. The molecule has 120 valence electrons. The summed E-state index contributed by atoms with van der Waals surface area (Å²) in [6.45, 7) is 0. The van der Waals surface area contributed by atoms with Gasteiger partial charge in [-0.05, 0) is 24.3 Å². The molecule has 4 aromatic rings. The normalized spacial score (nSPS) is 10.6. The quantitative estimate of drug-likeness (QED) is 0.491. The molecule has 0 aliphatic rings. The molecule has 0 aliphatic carbocycles. The molecule has 4 rings (SSSR count). The van der Waals surface area contributed by atoms with Gasteiger partial charge in [-0.3, -0.25) is 0 Å². The van der Waals surface area contributed by atoms with Crippen molar-refractivity contribution >= 4 is 11.6 Å². The molecule has 0 bridgehead atoms. The predicted octanol–water partition coefficient (Wildman–Crippen LogP) is 5.53. The lowest BCUT2D eigenvalue weighted by Crippen LogP contribution is -1.99. The van der Waals surface area contributed by atoms with Gasteiger partial charge in [0.2, 0.25) is 0 Å². The van der Waals surface area contributed by atoms with Gasteiger partial charge in [-0.15, -0.1) is 0 Å². The van der Waals surface area contributed by atoms with E-state index in [1.54, 1.807) is 0 Å². The molecule has 0 atom stereocenters. The topological polar surface area (TPSA) is 38.7 Å². The van der Waals surface area contributed by atoms with E-state index in [9.17, 15) is 0 Å². The van der Waals surface area contributed by atoms with Crippen molar-refractivity contribution in [3.05, 3.63) is 90.0 Å². The van der Waals surface area contributed by atoms with Gasteiger partial charge in [0, 0.05) is 21.7 Å². The van der Waals surface area contributed by atoms with Crippen molar-refractivity contribution in [1.29, 1.82) is 0 Å². The first-order valence-electron chi connectivity index (χ1n) is 7.92. The lowest BCUT2D eigenvalue weighted by atomic mass is 10.1. The Hall–Kier alpha value is -3.04. The van der Waals surface area contributed by atoms with Crippen molar-refractivity contribution in [3.8, 4) is 34.2 Å². The van der Waals surface area contributed by atoms with Crippen LogP contribution in [-0.2, 0) is 0 Å². The van der Waals surface area contributed by atoms with Gasteiger partial charge < -0.3 is 0 Å². The van der Waals surface area contributed by atoms with Crippen LogP contribution in [0.25, 0.3) is 34.2 Å². The summed E-state index contributed by atoms with van der Waals surface area (Å²) in [5, 5.41) is 0.685. The zero-order valence-corrected chi connectivity index (χ0v) is 14.1. The Balaban J connectivity index is 1.90. The third-order valence-corrected chi connectivity index (χ3v) is 4.05. The van der Waals surface area contributed by atoms with Crippen LogP contribution in [-0.4, -0.2) is 15.0 Å². The average Bonchev–Trinajstić information content (AvgIpc) is 2.69. The maximum absolute atomic E-state index is 6.00. The van der Waals surface area contributed by atoms with Crippen LogP contribution in [0.15, 0.2) is 84.9 Å². The molecular formula is C21H14ClN3. The molecule has 0 fully saturated rings. The van der Waals surface area contributed by atoms with E-state index < -0.39 is 0 Å². The SMILES string of the molecule is Clc1ccc(-c2nc(-c3ccccc3)nc(-c3ccccc3)n2)cc1. The molecule has 3 aromatic carbocycles. The molecule has 0 spiro atoms. The molecule has 0 N–H and O–H groups in total. The largest absolute Gasteiger partial charge is 0.208 e. The second-order valence-corrected chi connectivity index (χ2v) is 5.98. The van der Waals surface area contributed by atoms with Gasteiger partial charge in [-0.2, -0.15) is 0 Å². The second-order valence-electron chi connectivity index (χ2n) is 5.55. The first kappa shape index (κ1) is 15.5. The Morgan fingerprint density at radius 2 is 0.800 bits per heavy atom. The van der Waals surface area contributed by atoms with E-state index >= 15 is 0 Å². The maximum Gasteiger partial charge on any atom is 0.164 e. The first-order chi connectivity index (χ1) is 12.3. The highest BCUT2D eigenvalue weighted by molar-refractivity contribution is 6.30. The van der Waals surface area contributed by atoms with Crippen LogP contribution in [0, 0.1) is 0 Å². The highest BCUT2D eigenvalue weighted by Gasteiger charge is 2.11. The molecular weight excluding hydrogens is 330 g/mol. The summed E-state index contributed by atoms with van der Waals surface area (Å²) in [5.41, 5.74) is 2.82. The Bertz CT molecular complexity index is 927. The van der Waals surface area contributed by atoms with Crippen molar-refractivity contribution < 1.29 is 0 Å². The fraction of sp³-hybridized carbons (Fsp3) is 0. The minimum Gasteiger partial charge on any atom is -0.208 e. The van der Waals surface area contributed by atoms with Crippen LogP contribution >= 0.6 is 11.6 Å². The maximum atomic E-state index is 6.00. The second kappa shape index (κ2) is 6.83. The molecule has 0 saturated heterocycles. The number of halogens is 1. The van der Waals surface area contributed by atoms with E-state index in [0.717, 1.165) is 16.7 Å². The van der Waals surface area contributed by atoms with E-state index in [4.69, 9.17) is 11.6 Å². The van der Waals surface area contributed by atoms with Gasteiger partial charge in [0.15, 0.2) is 17.5 Å². The number of aromatic nitrogens is 3. The van der Waals surface area contributed by atoms with Gasteiger partial charge in [0.25, 0.3) is 0 Å². The summed E-state index contributed by atoms with van der Waals surface area (Å²) >= 11 is 6.00. The Morgan fingerprint density at radius 1 is 0.440 bits per heavy atom. The molecule has 25 heavy (non-hydrogen) atoms. The third-order valence-electron chi connectivity index (χ3n) is 3.80. The van der Waals surface area contributed by atoms with Crippen molar-refractivity contribution in [3.63, 3.8) is 0 Å². The van der Waals surface area contributed by atoms with Crippen molar-refractivity contribution in [2.75, 3.05) is 0 Å². The van der Waals surface area contributed by atoms with E-state index in [0.29, 0.717) is 22.5 Å². The first-order valence-corrected chi connectivity index (χ1v) is 8.30. The molecule has 0 amide bonds. The molecule has 0 radical (unpaired) electrons. The van der Waals surface area contributed by atoms with Crippen LogP contribution in [0.3, 0.4) is 0 Å². The smallest absolute Gasteiger partial charge is 0.164 e. The van der Waals surface area contributed by atoms with Gasteiger partial charge in [-0.1, -0.05) is 72.3 Å². The van der Waals surface area contributed by atoms with Crippen LogP contribution < -0.4 is 0 Å². The van der Waals surface area contributed by atoms with Crippen LogP contribution in [0.5, 0.6) is 0 Å². The molecule has 0 unspecified atom stereocenters. The summed E-state index contributed by atoms with van der Waals surface area (Å²) in [5.74, 6) is 1.93. The lowest BCUT2D eigenvalue weighted by Gasteiger charge is -2.08. The average molecular weight is 344 g/mol. The van der Waals surface area contributed by atoms with E-state index in [1.807, 2.05) is 84.9 Å². The summed E-state index contributed by atoms with van der Waals surface area (Å²) in [7, 11) is 0. The molecule has 1 heterocycles. The number of rotatable bonds is 3. The van der Waals surface area contributed by atoms with Crippen LogP contribution in [0.4, 0.5) is 0 Å². The van der Waals surface area contributed by atoms with E-state index in [-0.39, 0.29) is 0 Å². The Kier molecular flexibility index (Phi) is 4.23. The summed E-state index contributed by atoms with van der Waals surface area (Å²) < 4.78 is 0. The van der Waals surface area contributed by atoms with Crippen molar-refractivity contribution in [2.45, 2.75) is 0 Å². The van der Waals surface area contributed by atoms with Crippen LogP contribution in [0.2, 0.25) is 5.02 Å². The number of benzene rings is 3. The Morgan fingerprint density at radius 3 is 1.20 bits per heavy atom. The minimum absolute atomic E-state index is 0.629. The molecule has 0 saturated carbocycles. The zero-order valence-electron chi connectivity index (χ0n) is 13.3. The predicted molar refractivity (Wildman–Crippen MR) is 101 cm³/mol.